The summed E-state index contributed by atoms with van der Waals surface area (Å²) >= 11 is 1.44. The van der Waals surface area contributed by atoms with Gasteiger partial charge in [0, 0.05) is 10.9 Å². The van der Waals surface area contributed by atoms with E-state index in [0.29, 0.717) is 5.13 Å². The Morgan fingerprint density at radius 1 is 1.50 bits per heavy atom. The van der Waals surface area contributed by atoms with Gasteiger partial charge in [0.05, 0.1) is 11.9 Å². The maximum atomic E-state index is 12.8. The van der Waals surface area contributed by atoms with Crippen LogP contribution in [0.5, 0.6) is 0 Å². The van der Waals surface area contributed by atoms with E-state index in [1.54, 1.807) is 0 Å². The Kier molecular flexibility index (Phi) is 3.45. The molecule has 20 heavy (non-hydrogen) atoms. The van der Waals surface area contributed by atoms with Crippen LogP contribution in [0.15, 0.2) is 18.3 Å². The van der Waals surface area contributed by atoms with E-state index in [4.69, 9.17) is 5.73 Å². The van der Waals surface area contributed by atoms with Crippen LogP contribution in [0.1, 0.15) is 27.5 Å². The zero-order valence-electron chi connectivity index (χ0n) is 10.6. The van der Waals surface area contributed by atoms with Gasteiger partial charge in [0.15, 0.2) is 5.13 Å². The summed E-state index contributed by atoms with van der Waals surface area (Å²) in [4.78, 5) is 21.2. The summed E-state index contributed by atoms with van der Waals surface area (Å²) in [5.74, 6) is -0.861. The molecule has 1 amide bonds. The molecule has 0 saturated carbocycles. The summed E-state index contributed by atoms with van der Waals surface area (Å²) in [6.45, 7) is 0. The molecule has 0 bridgehead atoms. The van der Waals surface area contributed by atoms with Crippen molar-refractivity contribution in [2.75, 3.05) is 5.32 Å². The third-order valence-electron chi connectivity index (χ3n) is 3.16. The zero-order chi connectivity index (χ0) is 14.1. The van der Waals surface area contributed by atoms with Crippen LogP contribution >= 0.6 is 11.3 Å². The first kappa shape index (κ1) is 13.1. The van der Waals surface area contributed by atoms with Crippen LogP contribution in [0.25, 0.3) is 0 Å². The van der Waals surface area contributed by atoms with Crippen molar-refractivity contribution >= 4 is 22.4 Å². The van der Waals surface area contributed by atoms with Gasteiger partial charge in [-0.15, -0.1) is 11.3 Å². The van der Waals surface area contributed by atoms with E-state index >= 15 is 0 Å². The molecule has 0 fully saturated rings. The Morgan fingerprint density at radius 2 is 2.35 bits per heavy atom. The molecule has 7 heteroatoms. The fourth-order valence-electron chi connectivity index (χ4n) is 2.13. The minimum atomic E-state index is -0.472. The maximum absolute atomic E-state index is 12.8. The predicted molar refractivity (Wildman–Crippen MR) is 74.3 cm³/mol. The molecule has 0 saturated heterocycles. The second-order valence-corrected chi connectivity index (χ2v) is 5.79. The van der Waals surface area contributed by atoms with E-state index in [0.717, 1.165) is 36.0 Å². The summed E-state index contributed by atoms with van der Waals surface area (Å²) in [6.07, 6.45) is 3.58. The largest absolute Gasteiger partial charge is 0.327 e. The molecule has 0 aromatic carbocycles. The number of nitrogens with one attached hydrogen (secondary N) is 1. The number of anilines is 1. The number of halogens is 1. The first-order chi connectivity index (χ1) is 9.61. The lowest BCUT2D eigenvalue weighted by atomic mass is 9.99. The van der Waals surface area contributed by atoms with Crippen molar-refractivity contribution in [1.82, 2.24) is 9.97 Å². The smallest absolute Gasteiger partial charge is 0.276 e. The van der Waals surface area contributed by atoms with E-state index in [1.807, 2.05) is 0 Å². The molecule has 1 aliphatic rings. The second-order valence-electron chi connectivity index (χ2n) is 4.71. The molecule has 3 rings (SSSR count). The highest BCUT2D eigenvalue weighted by molar-refractivity contribution is 7.15. The number of fused-ring (bicyclic) bond motifs is 1. The van der Waals surface area contributed by atoms with Crippen LogP contribution in [0.3, 0.4) is 0 Å². The monoisotopic (exact) mass is 292 g/mol. The molecule has 5 nitrogen and oxygen atoms in total. The molecule has 3 N–H and O–H groups in total. The Hall–Kier alpha value is -1.86. The highest BCUT2D eigenvalue weighted by atomic mass is 32.1. The molecule has 1 atom stereocenters. The van der Waals surface area contributed by atoms with Gasteiger partial charge < -0.3 is 5.73 Å². The van der Waals surface area contributed by atoms with Gasteiger partial charge in [-0.1, -0.05) is 0 Å². The first-order valence-electron chi connectivity index (χ1n) is 6.29. The number of nitrogens with two attached hydrogens (primary N) is 1. The number of hydrogen-bond acceptors (Lipinski definition) is 5. The number of aryl methyl sites for hydroxylation is 1. The van der Waals surface area contributed by atoms with Crippen molar-refractivity contribution in [2.24, 2.45) is 5.73 Å². The molecule has 2 aromatic rings. The van der Waals surface area contributed by atoms with Gasteiger partial charge in [0.25, 0.3) is 5.91 Å². The minimum absolute atomic E-state index is 0.163. The quantitative estimate of drug-likeness (QED) is 0.883. The molecule has 0 radical (unpaired) electrons. The number of carbonyl (C=O) groups is 1. The number of carbonyl (C=O) groups excluding carboxylic acids is 1. The molecule has 2 aromatic heterocycles. The number of nitrogens with zero attached hydrogens (tertiary/aromatic N) is 2. The van der Waals surface area contributed by atoms with Gasteiger partial charge in [0.2, 0.25) is 0 Å². The average Bonchev–Trinajstić information content (AvgIpc) is 2.80. The zero-order valence-corrected chi connectivity index (χ0v) is 11.4. The SMILES string of the molecule is N[C@H]1CCc2nc(NC(=O)c3ccc(F)cn3)sc2C1. The van der Waals surface area contributed by atoms with Gasteiger partial charge in [0.1, 0.15) is 11.5 Å². The van der Waals surface area contributed by atoms with Crippen molar-refractivity contribution in [2.45, 2.75) is 25.3 Å². The normalized spacial score (nSPS) is 17.6. The lowest BCUT2D eigenvalue weighted by molar-refractivity contribution is 0.102. The van der Waals surface area contributed by atoms with Gasteiger partial charge >= 0.3 is 0 Å². The fraction of sp³-hybridized carbons (Fsp3) is 0.308. The summed E-state index contributed by atoms with van der Waals surface area (Å²) in [5, 5.41) is 3.23. The lowest BCUT2D eigenvalue weighted by Crippen LogP contribution is -2.27. The lowest BCUT2D eigenvalue weighted by Gasteiger charge is -2.15. The van der Waals surface area contributed by atoms with Crippen molar-refractivity contribution in [3.8, 4) is 0 Å². The third kappa shape index (κ3) is 2.68. The van der Waals surface area contributed by atoms with E-state index in [9.17, 15) is 9.18 Å². The average molecular weight is 292 g/mol. The van der Waals surface area contributed by atoms with Crippen LogP contribution in [0, 0.1) is 5.82 Å². The number of thiazole rings is 1. The highest BCUT2D eigenvalue weighted by Crippen LogP contribution is 2.29. The van der Waals surface area contributed by atoms with E-state index in [-0.39, 0.29) is 17.6 Å². The topological polar surface area (TPSA) is 80.9 Å². The molecule has 104 valence electrons. The number of hydrogen-bond donors (Lipinski definition) is 2. The van der Waals surface area contributed by atoms with Crippen LogP contribution in [0.2, 0.25) is 0 Å². The van der Waals surface area contributed by atoms with Gasteiger partial charge in [-0.05, 0) is 31.4 Å². The molecule has 0 aliphatic heterocycles. The Balaban J connectivity index is 1.75. The van der Waals surface area contributed by atoms with Crippen LogP contribution in [-0.4, -0.2) is 21.9 Å². The highest BCUT2D eigenvalue weighted by Gasteiger charge is 2.21. The maximum Gasteiger partial charge on any atom is 0.276 e. The summed E-state index contributed by atoms with van der Waals surface area (Å²) in [5.41, 5.74) is 7.09. The number of rotatable bonds is 2. The van der Waals surface area contributed by atoms with Crippen LogP contribution in [0.4, 0.5) is 9.52 Å². The Bertz CT molecular complexity index is 640. The molecule has 1 aliphatic carbocycles. The minimum Gasteiger partial charge on any atom is -0.327 e. The van der Waals surface area contributed by atoms with E-state index < -0.39 is 5.82 Å². The number of aromatic nitrogens is 2. The van der Waals surface area contributed by atoms with E-state index in [2.05, 4.69) is 15.3 Å². The Morgan fingerprint density at radius 3 is 3.10 bits per heavy atom. The van der Waals surface area contributed by atoms with Gasteiger partial charge in [-0.3, -0.25) is 10.1 Å². The molecule has 0 unspecified atom stereocenters. The second kappa shape index (κ2) is 5.26. The molecular formula is C13H13FN4OS. The number of pyridine rings is 1. The summed E-state index contributed by atoms with van der Waals surface area (Å²) in [6, 6.07) is 2.72. The van der Waals surface area contributed by atoms with Crippen molar-refractivity contribution in [1.29, 1.82) is 0 Å². The summed E-state index contributed by atoms with van der Waals surface area (Å²) < 4.78 is 12.8. The Labute approximate surface area is 119 Å². The first-order valence-corrected chi connectivity index (χ1v) is 7.10. The molecule has 2 heterocycles. The van der Waals surface area contributed by atoms with Crippen LogP contribution in [-0.2, 0) is 12.8 Å². The van der Waals surface area contributed by atoms with E-state index in [1.165, 1.54) is 23.5 Å². The van der Waals surface area contributed by atoms with Crippen molar-refractivity contribution in [3.05, 3.63) is 40.4 Å². The van der Waals surface area contributed by atoms with Crippen molar-refractivity contribution < 1.29 is 9.18 Å². The molecule has 0 spiro atoms. The van der Waals surface area contributed by atoms with Crippen molar-refractivity contribution in [3.63, 3.8) is 0 Å². The van der Waals surface area contributed by atoms with Gasteiger partial charge in [-0.25, -0.2) is 14.4 Å². The number of amides is 1. The fourth-order valence-corrected chi connectivity index (χ4v) is 3.22. The molecular weight excluding hydrogens is 279 g/mol. The summed E-state index contributed by atoms with van der Waals surface area (Å²) in [7, 11) is 0. The van der Waals surface area contributed by atoms with Crippen LogP contribution < -0.4 is 11.1 Å². The standard InChI is InChI=1S/C13H13FN4OS/c14-7-1-3-10(16-6-7)12(19)18-13-17-9-4-2-8(15)5-11(9)20-13/h1,3,6,8H,2,4-5,15H2,(H,17,18,19)/t8-/m0/s1. The van der Waals surface area contributed by atoms with Gasteiger partial charge in [-0.2, -0.15) is 0 Å². The third-order valence-corrected chi connectivity index (χ3v) is 4.19. The predicted octanol–water partition coefficient (Wildman–Crippen LogP) is 1.75.